The summed E-state index contributed by atoms with van der Waals surface area (Å²) in [6.45, 7) is 9.71. The Morgan fingerprint density at radius 3 is 1.31 bits per heavy atom. The molecule has 0 aromatic heterocycles. The second-order valence-electron chi connectivity index (χ2n) is 10.4. The van der Waals surface area contributed by atoms with Gasteiger partial charge < -0.3 is 4.90 Å². The smallest absolute Gasteiger partial charge is 0.0526 e. The van der Waals surface area contributed by atoms with Gasteiger partial charge in [-0.25, -0.2) is 0 Å². The Kier molecular flexibility index (Phi) is 3.99. The van der Waals surface area contributed by atoms with Crippen molar-refractivity contribution in [3.05, 3.63) is 108 Å². The second-order valence-corrected chi connectivity index (χ2v) is 10.4. The predicted molar refractivity (Wildman–Crippen MR) is 136 cm³/mol. The molecule has 4 aromatic carbocycles. The normalized spacial score (nSPS) is 17.7. The average Bonchev–Trinajstić information content (AvgIpc) is 3.21. The third-order valence-corrected chi connectivity index (χ3v) is 7.74. The molecule has 6 rings (SSSR count). The molecule has 0 aliphatic carbocycles. The van der Waals surface area contributed by atoms with Crippen molar-refractivity contribution in [1.29, 1.82) is 0 Å². The average molecular weight is 416 g/mol. The van der Waals surface area contributed by atoms with Crippen LogP contribution in [0.4, 0.5) is 11.4 Å². The predicted octanol–water partition coefficient (Wildman–Crippen LogP) is 8.11. The molecule has 0 unspecified atom stereocenters. The Bertz CT molecular complexity index is 1210. The van der Waals surface area contributed by atoms with Crippen LogP contribution in [0.2, 0.25) is 0 Å². The van der Waals surface area contributed by atoms with Crippen LogP contribution in [0.5, 0.6) is 0 Å². The highest BCUT2D eigenvalue weighted by Crippen LogP contribution is 2.61. The Hall–Kier alpha value is -3.32. The molecule has 0 atom stereocenters. The molecule has 0 fully saturated rings. The standard InChI is InChI=1S/C31H29N/c1-30(2)25-19-23(21-11-7-5-8-12-21)15-17-27(25)32-28-18-16-24(22-13-9-6-10-14-22)20-26(28)31(3,4)29(30)32/h5-20,29H,1-4H3. The zero-order valence-electron chi connectivity index (χ0n) is 19.3. The monoisotopic (exact) mass is 415 g/mol. The summed E-state index contributed by atoms with van der Waals surface area (Å²) in [6.07, 6.45) is 0. The molecule has 1 heteroatoms. The maximum atomic E-state index is 2.62. The van der Waals surface area contributed by atoms with Gasteiger partial charge in [-0.05, 0) is 57.6 Å². The number of benzene rings is 4. The van der Waals surface area contributed by atoms with E-state index in [9.17, 15) is 0 Å². The molecule has 2 aliphatic rings. The molecule has 4 aromatic rings. The lowest BCUT2D eigenvalue weighted by Crippen LogP contribution is -2.46. The van der Waals surface area contributed by atoms with Gasteiger partial charge in [-0.2, -0.15) is 0 Å². The van der Waals surface area contributed by atoms with Crippen molar-refractivity contribution in [2.75, 3.05) is 4.90 Å². The van der Waals surface area contributed by atoms with Crippen LogP contribution >= 0.6 is 0 Å². The lowest BCUT2D eigenvalue weighted by atomic mass is 9.67. The third kappa shape index (κ3) is 2.57. The first-order valence-electron chi connectivity index (χ1n) is 11.6. The lowest BCUT2D eigenvalue weighted by molar-refractivity contribution is 0.322. The molecule has 2 aliphatic heterocycles. The number of fused-ring (bicyclic) bond motifs is 5. The van der Waals surface area contributed by atoms with E-state index in [4.69, 9.17) is 0 Å². The van der Waals surface area contributed by atoms with Crippen LogP contribution in [0.15, 0.2) is 97.1 Å². The fraction of sp³-hybridized carbons (Fsp3) is 0.226. The van der Waals surface area contributed by atoms with Crippen LogP contribution in [-0.2, 0) is 10.8 Å². The SMILES string of the molecule is CC1(C)c2cc(-c3ccccc3)ccc2N2c3ccc(-c4ccccc4)cc3C(C)(C)C21. The molecule has 158 valence electrons. The van der Waals surface area contributed by atoms with E-state index in [1.54, 1.807) is 0 Å². The molecule has 2 heterocycles. The summed E-state index contributed by atoms with van der Waals surface area (Å²) >= 11 is 0. The first-order valence-corrected chi connectivity index (χ1v) is 11.6. The largest absolute Gasteiger partial charge is 0.336 e. The lowest BCUT2D eigenvalue weighted by Gasteiger charge is -2.38. The summed E-state index contributed by atoms with van der Waals surface area (Å²) in [5, 5.41) is 0. The van der Waals surface area contributed by atoms with Crippen molar-refractivity contribution in [3.8, 4) is 22.3 Å². The number of rotatable bonds is 2. The molecule has 32 heavy (non-hydrogen) atoms. The highest BCUT2D eigenvalue weighted by molar-refractivity contribution is 5.85. The van der Waals surface area contributed by atoms with Gasteiger partial charge in [0.25, 0.3) is 0 Å². The third-order valence-electron chi connectivity index (χ3n) is 7.74. The second kappa shape index (κ2) is 6.59. The summed E-state index contributed by atoms with van der Waals surface area (Å²) in [5.74, 6) is 0. The van der Waals surface area contributed by atoms with Gasteiger partial charge in [0.15, 0.2) is 0 Å². The Morgan fingerprint density at radius 1 is 0.500 bits per heavy atom. The molecule has 0 saturated heterocycles. The Morgan fingerprint density at radius 2 is 0.906 bits per heavy atom. The number of nitrogens with zero attached hydrogens (tertiary/aromatic N) is 1. The zero-order valence-corrected chi connectivity index (χ0v) is 19.3. The Balaban J connectivity index is 1.52. The first kappa shape index (κ1) is 19.4. The molecular weight excluding hydrogens is 386 g/mol. The zero-order chi connectivity index (χ0) is 22.1. The minimum Gasteiger partial charge on any atom is -0.336 e. The van der Waals surface area contributed by atoms with E-state index in [0.29, 0.717) is 6.04 Å². The van der Waals surface area contributed by atoms with Gasteiger partial charge >= 0.3 is 0 Å². The van der Waals surface area contributed by atoms with Crippen LogP contribution in [0.3, 0.4) is 0 Å². The number of anilines is 2. The van der Waals surface area contributed by atoms with Gasteiger partial charge in [0.2, 0.25) is 0 Å². The van der Waals surface area contributed by atoms with Crippen LogP contribution in [-0.4, -0.2) is 6.04 Å². The molecular formula is C31H29N. The maximum Gasteiger partial charge on any atom is 0.0526 e. The van der Waals surface area contributed by atoms with Crippen LogP contribution in [0.25, 0.3) is 22.3 Å². The highest BCUT2D eigenvalue weighted by Gasteiger charge is 2.57. The van der Waals surface area contributed by atoms with Crippen molar-refractivity contribution >= 4 is 11.4 Å². The van der Waals surface area contributed by atoms with Gasteiger partial charge in [0.1, 0.15) is 0 Å². The fourth-order valence-electron chi connectivity index (χ4n) is 6.39. The van der Waals surface area contributed by atoms with Crippen molar-refractivity contribution < 1.29 is 0 Å². The quantitative estimate of drug-likeness (QED) is 0.319. The summed E-state index contributed by atoms with van der Waals surface area (Å²) in [5.41, 5.74) is 10.9. The molecule has 0 bridgehead atoms. The summed E-state index contributed by atoms with van der Waals surface area (Å²) < 4.78 is 0. The van der Waals surface area contributed by atoms with Crippen LogP contribution < -0.4 is 4.90 Å². The topological polar surface area (TPSA) is 3.24 Å². The fourth-order valence-corrected chi connectivity index (χ4v) is 6.39. The van der Waals surface area contributed by atoms with E-state index in [1.165, 1.54) is 44.8 Å². The van der Waals surface area contributed by atoms with Gasteiger partial charge in [0, 0.05) is 22.2 Å². The van der Waals surface area contributed by atoms with E-state index in [0.717, 1.165) is 0 Å². The molecule has 0 amide bonds. The maximum absolute atomic E-state index is 2.62. The summed E-state index contributed by atoms with van der Waals surface area (Å²) in [7, 11) is 0. The summed E-state index contributed by atoms with van der Waals surface area (Å²) in [6, 6.07) is 36.0. The minimum atomic E-state index is 0.0373. The van der Waals surface area contributed by atoms with Crippen molar-refractivity contribution in [3.63, 3.8) is 0 Å². The van der Waals surface area contributed by atoms with E-state index in [2.05, 4.69) is 130 Å². The molecule has 0 N–H and O–H groups in total. The number of hydrogen-bond acceptors (Lipinski definition) is 1. The molecule has 0 saturated carbocycles. The van der Waals surface area contributed by atoms with Crippen LogP contribution in [0, 0.1) is 0 Å². The summed E-state index contributed by atoms with van der Waals surface area (Å²) in [4.78, 5) is 2.62. The highest BCUT2D eigenvalue weighted by atomic mass is 15.2. The van der Waals surface area contributed by atoms with Crippen molar-refractivity contribution in [2.24, 2.45) is 0 Å². The van der Waals surface area contributed by atoms with E-state index >= 15 is 0 Å². The van der Waals surface area contributed by atoms with Crippen molar-refractivity contribution in [1.82, 2.24) is 0 Å². The van der Waals surface area contributed by atoms with Crippen molar-refractivity contribution in [2.45, 2.75) is 44.6 Å². The first-order chi connectivity index (χ1) is 15.4. The van der Waals surface area contributed by atoms with Gasteiger partial charge in [0.05, 0.1) is 6.04 Å². The van der Waals surface area contributed by atoms with Gasteiger partial charge in [-0.15, -0.1) is 0 Å². The van der Waals surface area contributed by atoms with E-state index < -0.39 is 0 Å². The molecule has 1 nitrogen and oxygen atoms in total. The van der Waals surface area contributed by atoms with Gasteiger partial charge in [-0.3, -0.25) is 0 Å². The molecule has 0 spiro atoms. The van der Waals surface area contributed by atoms with E-state index in [-0.39, 0.29) is 10.8 Å². The Labute approximate surface area is 191 Å². The van der Waals surface area contributed by atoms with Crippen LogP contribution in [0.1, 0.15) is 38.8 Å². The molecule has 0 radical (unpaired) electrons. The number of hydrogen-bond donors (Lipinski definition) is 0. The van der Waals surface area contributed by atoms with Gasteiger partial charge in [-0.1, -0.05) is 100 Å². The minimum absolute atomic E-state index is 0.0373. The van der Waals surface area contributed by atoms with E-state index in [1.807, 2.05) is 0 Å².